The summed E-state index contributed by atoms with van der Waals surface area (Å²) in [6, 6.07) is 13.6. The van der Waals surface area contributed by atoms with Gasteiger partial charge in [0.2, 0.25) is 5.91 Å². The Labute approximate surface area is 170 Å². The average Bonchev–Trinajstić information content (AvgIpc) is 2.95. The molecule has 0 saturated carbocycles. The fourth-order valence-electron chi connectivity index (χ4n) is 3.21. The molecule has 3 aromatic rings. The standard InChI is InChI=1S/C22H26N4O3/c1-14-20(15(2)26(4)25-14)11-12-21(27)23-24-22(28)16(3)29-19-10-9-17-7-5-6-8-18(17)13-19/h5-10,13,16H,11-12H2,1-4H3,(H,23,27)(H,24,28). The minimum absolute atomic E-state index is 0.258. The van der Waals surface area contributed by atoms with Crippen LogP contribution < -0.4 is 15.6 Å². The van der Waals surface area contributed by atoms with E-state index in [0.29, 0.717) is 12.2 Å². The van der Waals surface area contributed by atoms with Gasteiger partial charge in [-0.05, 0) is 55.7 Å². The van der Waals surface area contributed by atoms with E-state index in [9.17, 15) is 9.59 Å². The third-order valence-electron chi connectivity index (χ3n) is 4.99. The molecule has 0 aliphatic carbocycles. The number of hydrazine groups is 1. The fourth-order valence-corrected chi connectivity index (χ4v) is 3.21. The molecule has 3 rings (SSSR count). The van der Waals surface area contributed by atoms with Crippen molar-refractivity contribution in [3.63, 3.8) is 0 Å². The van der Waals surface area contributed by atoms with Gasteiger partial charge in [0.1, 0.15) is 5.75 Å². The number of benzene rings is 2. The topological polar surface area (TPSA) is 85.3 Å². The van der Waals surface area contributed by atoms with Gasteiger partial charge in [-0.3, -0.25) is 25.1 Å². The summed E-state index contributed by atoms with van der Waals surface area (Å²) in [4.78, 5) is 24.3. The predicted octanol–water partition coefficient (Wildman–Crippen LogP) is 2.74. The Hall–Kier alpha value is -3.35. The van der Waals surface area contributed by atoms with Crippen LogP contribution in [0.15, 0.2) is 42.5 Å². The second-order valence-electron chi connectivity index (χ2n) is 7.08. The highest BCUT2D eigenvalue weighted by Gasteiger charge is 2.16. The van der Waals surface area contributed by atoms with Crippen LogP contribution in [0.1, 0.15) is 30.3 Å². The predicted molar refractivity (Wildman–Crippen MR) is 111 cm³/mol. The van der Waals surface area contributed by atoms with E-state index in [2.05, 4.69) is 16.0 Å². The Morgan fingerprint density at radius 3 is 2.52 bits per heavy atom. The van der Waals surface area contributed by atoms with Gasteiger partial charge in [0.05, 0.1) is 5.69 Å². The zero-order valence-electron chi connectivity index (χ0n) is 17.2. The van der Waals surface area contributed by atoms with Crippen LogP contribution in [0.25, 0.3) is 10.8 Å². The van der Waals surface area contributed by atoms with E-state index in [4.69, 9.17) is 4.74 Å². The molecule has 0 aliphatic rings. The summed E-state index contributed by atoms with van der Waals surface area (Å²) < 4.78 is 7.51. The number of aromatic nitrogens is 2. The van der Waals surface area contributed by atoms with Crippen molar-refractivity contribution in [3.8, 4) is 5.75 Å². The first-order valence-corrected chi connectivity index (χ1v) is 9.58. The van der Waals surface area contributed by atoms with Crippen LogP contribution in [-0.4, -0.2) is 27.7 Å². The second kappa shape index (κ2) is 8.77. The number of carbonyl (C=O) groups is 2. The number of hydrogen-bond acceptors (Lipinski definition) is 4. The molecule has 152 valence electrons. The van der Waals surface area contributed by atoms with Crippen LogP contribution in [0.2, 0.25) is 0 Å². The molecule has 1 unspecified atom stereocenters. The zero-order chi connectivity index (χ0) is 21.0. The number of amides is 2. The van der Waals surface area contributed by atoms with Crippen molar-refractivity contribution in [2.24, 2.45) is 7.05 Å². The first-order chi connectivity index (χ1) is 13.8. The molecule has 7 nitrogen and oxygen atoms in total. The molecule has 0 saturated heterocycles. The summed E-state index contributed by atoms with van der Waals surface area (Å²) in [5.74, 6) is -0.0839. The van der Waals surface area contributed by atoms with E-state index in [-0.39, 0.29) is 12.3 Å². The molecule has 2 aromatic carbocycles. The maximum atomic E-state index is 12.2. The van der Waals surface area contributed by atoms with Crippen molar-refractivity contribution >= 4 is 22.6 Å². The fraction of sp³-hybridized carbons (Fsp3) is 0.318. The van der Waals surface area contributed by atoms with Crippen molar-refractivity contribution < 1.29 is 14.3 Å². The van der Waals surface area contributed by atoms with Gasteiger partial charge < -0.3 is 4.74 Å². The Balaban J connectivity index is 1.48. The quantitative estimate of drug-likeness (QED) is 0.630. The SMILES string of the molecule is Cc1nn(C)c(C)c1CCC(=O)NNC(=O)C(C)Oc1ccc2ccccc2c1. The molecule has 0 aliphatic heterocycles. The van der Waals surface area contributed by atoms with Crippen molar-refractivity contribution in [2.75, 3.05) is 0 Å². The maximum absolute atomic E-state index is 12.2. The van der Waals surface area contributed by atoms with Crippen LogP contribution in [0.4, 0.5) is 0 Å². The average molecular weight is 394 g/mol. The van der Waals surface area contributed by atoms with Gasteiger partial charge in [0.25, 0.3) is 5.91 Å². The number of hydrogen-bond donors (Lipinski definition) is 2. The van der Waals surface area contributed by atoms with E-state index in [0.717, 1.165) is 27.7 Å². The van der Waals surface area contributed by atoms with Gasteiger partial charge >= 0.3 is 0 Å². The first-order valence-electron chi connectivity index (χ1n) is 9.58. The van der Waals surface area contributed by atoms with Crippen LogP contribution >= 0.6 is 0 Å². The van der Waals surface area contributed by atoms with Crippen molar-refractivity contribution in [1.29, 1.82) is 0 Å². The van der Waals surface area contributed by atoms with Gasteiger partial charge in [-0.1, -0.05) is 30.3 Å². The van der Waals surface area contributed by atoms with E-state index < -0.39 is 12.0 Å². The number of fused-ring (bicyclic) bond motifs is 1. The highest BCUT2D eigenvalue weighted by molar-refractivity contribution is 5.85. The molecule has 1 atom stereocenters. The molecule has 0 fully saturated rings. The largest absolute Gasteiger partial charge is 0.481 e. The van der Waals surface area contributed by atoms with Crippen molar-refractivity contribution in [3.05, 3.63) is 59.4 Å². The third kappa shape index (κ3) is 4.93. The first kappa shape index (κ1) is 20.4. The Kier molecular flexibility index (Phi) is 6.16. The maximum Gasteiger partial charge on any atom is 0.279 e. The third-order valence-corrected chi connectivity index (χ3v) is 4.99. The van der Waals surface area contributed by atoms with Crippen LogP contribution in [0.3, 0.4) is 0 Å². The summed E-state index contributed by atoms with van der Waals surface area (Å²) in [6.07, 6.45) is 0.0727. The Morgan fingerprint density at radius 1 is 1.10 bits per heavy atom. The summed E-state index contributed by atoms with van der Waals surface area (Å²) in [5.41, 5.74) is 7.89. The molecular weight excluding hydrogens is 368 g/mol. The molecule has 29 heavy (non-hydrogen) atoms. The lowest BCUT2D eigenvalue weighted by atomic mass is 10.1. The van der Waals surface area contributed by atoms with Crippen LogP contribution in [0, 0.1) is 13.8 Å². The number of nitrogens with zero attached hydrogens (tertiary/aromatic N) is 2. The Morgan fingerprint density at radius 2 is 1.83 bits per heavy atom. The smallest absolute Gasteiger partial charge is 0.279 e. The molecule has 7 heteroatoms. The van der Waals surface area contributed by atoms with E-state index in [1.54, 1.807) is 11.6 Å². The van der Waals surface area contributed by atoms with Gasteiger partial charge in [-0.2, -0.15) is 5.10 Å². The minimum Gasteiger partial charge on any atom is -0.481 e. The highest BCUT2D eigenvalue weighted by Crippen LogP contribution is 2.21. The van der Waals surface area contributed by atoms with Crippen molar-refractivity contribution in [2.45, 2.75) is 39.7 Å². The van der Waals surface area contributed by atoms with Gasteiger partial charge in [0.15, 0.2) is 6.10 Å². The summed E-state index contributed by atoms with van der Waals surface area (Å²) >= 11 is 0. The normalized spacial score (nSPS) is 11.9. The summed E-state index contributed by atoms with van der Waals surface area (Å²) in [5, 5.41) is 6.48. The molecule has 2 N–H and O–H groups in total. The molecule has 2 amide bonds. The van der Waals surface area contributed by atoms with Gasteiger partial charge in [0, 0.05) is 19.2 Å². The number of rotatable bonds is 6. The number of nitrogens with one attached hydrogen (secondary N) is 2. The highest BCUT2D eigenvalue weighted by atomic mass is 16.5. The van der Waals surface area contributed by atoms with E-state index in [1.807, 2.05) is 63.4 Å². The van der Waals surface area contributed by atoms with Gasteiger partial charge in [-0.25, -0.2) is 0 Å². The van der Waals surface area contributed by atoms with E-state index >= 15 is 0 Å². The zero-order valence-corrected chi connectivity index (χ0v) is 17.2. The van der Waals surface area contributed by atoms with Gasteiger partial charge in [-0.15, -0.1) is 0 Å². The van der Waals surface area contributed by atoms with Crippen LogP contribution in [-0.2, 0) is 23.1 Å². The molecular formula is C22H26N4O3. The number of ether oxygens (including phenoxy) is 1. The minimum atomic E-state index is -0.751. The molecule has 1 heterocycles. The lowest BCUT2D eigenvalue weighted by Gasteiger charge is -2.15. The molecule has 0 radical (unpaired) electrons. The van der Waals surface area contributed by atoms with Crippen LogP contribution in [0.5, 0.6) is 5.75 Å². The lowest BCUT2D eigenvalue weighted by Crippen LogP contribution is -2.47. The van der Waals surface area contributed by atoms with E-state index in [1.165, 1.54) is 0 Å². The molecule has 0 spiro atoms. The van der Waals surface area contributed by atoms with Crippen molar-refractivity contribution in [1.82, 2.24) is 20.6 Å². The molecule has 1 aromatic heterocycles. The molecule has 0 bridgehead atoms. The Bertz CT molecular complexity index is 1040. The number of carbonyl (C=O) groups excluding carboxylic acids is 2. The lowest BCUT2D eigenvalue weighted by molar-refractivity contribution is -0.132. The summed E-state index contributed by atoms with van der Waals surface area (Å²) in [7, 11) is 1.88. The monoisotopic (exact) mass is 394 g/mol. The summed E-state index contributed by atoms with van der Waals surface area (Å²) in [6.45, 7) is 5.54. The number of aryl methyl sites for hydroxylation is 2. The second-order valence-corrected chi connectivity index (χ2v) is 7.08.